The second-order valence-corrected chi connectivity index (χ2v) is 4.36. The SMILES string of the molecule is C.Cc1ccc2ccccc2c1.NC(O)=S.NC(O)=S. The van der Waals surface area contributed by atoms with E-state index in [-0.39, 0.29) is 7.43 Å². The average molecular weight is 312 g/mol. The van der Waals surface area contributed by atoms with E-state index in [1.807, 2.05) is 0 Å². The lowest BCUT2D eigenvalue weighted by Gasteiger charge is -1.96. The molecule has 0 atom stereocenters. The highest BCUT2D eigenvalue weighted by Crippen LogP contribution is 2.14. The molecule has 0 aliphatic rings. The fourth-order valence-electron chi connectivity index (χ4n) is 1.31. The number of benzene rings is 2. The molecule has 6 heteroatoms. The van der Waals surface area contributed by atoms with E-state index in [1.54, 1.807) is 0 Å². The summed E-state index contributed by atoms with van der Waals surface area (Å²) in [5.74, 6) is 0. The minimum absolute atomic E-state index is 0. The molecule has 4 nitrogen and oxygen atoms in total. The van der Waals surface area contributed by atoms with E-state index in [2.05, 4.69) is 85.3 Å². The van der Waals surface area contributed by atoms with Gasteiger partial charge in [-0.25, -0.2) is 0 Å². The van der Waals surface area contributed by atoms with Crippen LogP contribution in [0.25, 0.3) is 10.8 Å². The summed E-state index contributed by atoms with van der Waals surface area (Å²) in [7, 11) is 0. The van der Waals surface area contributed by atoms with Gasteiger partial charge in [0, 0.05) is 0 Å². The normalized spacial score (nSPS) is 8.05. The van der Waals surface area contributed by atoms with Crippen LogP contribution < -0.4 is 11.5 Å². The molecule has 0 unspecified atom stereocenters. The van der Waals surface area contributed by atoms with Crippen molar-refractivity contribution in [3.63, 3.8) is 0 Å². The Hall–Kier alpha value is -1.92. The highest BCUT2D eigenvalue weighted by molar-refractivity contribution is 7.80. The number of rotatable bonds is 0. The van der Waals surface area contributed by atoms with Gasteiger partial charge in [-0.15, -0.1) is 0 Å². The lowest BCUT2D eigenvalue weighted by molar-refractivity contribution is 0.559. The summed E-state index contributed by atoms with van der Waals surface area (Å²) in [6.07, 6.45) is 0. The summed E-state index contributed by atoms with van der Waals surface area (Å²) in [6, 6.07) is 14.9. The minimum Gasteiger partial charge on any atom is -0.487 e. The van der Waals surface area contributed by atoms with E-state index >= 15 is 0 Å². The second kappa shape index (κ2) is 11.0. The van der Waals surface area contributed by atoms with Gasteiger partial charge in [-0.05, 0) is 42.1 Å². The summed E-state index contributed by atoms with van der Waals surface area (Å²) in [5, 5.41) is 16.8. The third kappa shape index (κ3) is 11.2. The van der Waals surface area contributed by atoms with Crippen LogP contribution in [0.2, 0.25) is 0 Å². The van der Waals surface area contributed by atoms with Crippen LogP contribution in [0.15, 0.2) is 42.5 Å². The molecule has 2 aromatic rings. The van der Waals surface area contributed by atoms with Crippen molar-refractivity contribution < 1.29 is 10.2 Å². The molecule has 0 saturated heterocycles. The number of hydrogen-bond donors (Lipinski definition) is 4. The molecule has 0 heterocycles. The maximum absolute atomic E-state index is 7.56. The van der Waals surface area contributed by atoms with Crippen molar-refractivity contribution in [3.8, 4) is 0 Å². The summed E-state index contributed by atoms with van der Waals surface area (Å²) in [5.41, 5.74) is 10.1. The van der Waals surface area contributed by atoms with Gasteiger partial charge in [0.25, 0.3) is 10.3 Å². The molecule has 0 radical (unpaired) electrons. The van der Waals surface area contributed by atoms with Gasteiger partial charge >= 0.3 is 0 Å². The lowest BCUT2D eigenvalue weighted by atomic mass is 10.1. The van der Waals surface area contributed by atoms with Crippen molar-refractivity contribution in [1.29, 1.82) is 0 Å². The Morgan fingerprint density at radius 2 is 1.30 bits per heavy atom. The fourth-order valence-corrected chi connectivity index (χ4v) is 1.31. The van der Waals surface area contributed by atoms with Crippen LogP contribution >= 0.6 is 24.4 Å². The smallest absolute Gasteiger partial charge is 0.251 e. The molecule has 2 aromatic carbocycles. The van der Waals surface area contributed by atoms with Crippen LogP contribution in [-0.4, -0.2) is 20.6 Å². The molecule has 0 spiro atoms. The molecule has 110 valence electrons. The molecule has 0 bridgehead atoms. The van der Waals surface area contributed by atoms with Gasteiger partial charge in [0.05, 0.1) is 0 Å². The zero-order chi connectivity index (χ0) is 14.8. The Morgan fingerprint density at radius 3 is 1.75 bits per heavy atom. The molecule has 20 heavy (non-hydrogen) atoms. The number of hydrogen-bond acceptors (Lipinski definition) is 2. The van der Waals surface area contributed by atoms with E-state index in [1.165, 1.54) is 16.3 Å². The number of aryl methyl sites for hydroxylation is 1. The van der Waals surface area contributed by atoms with Crippen molar-refractivity contribution in [2.45, 2.75) is 14.4 Å². The van der Waals surface area contributed by atoms with Crippen LogP contribution in [-0.2, 0) is 0 Å². The largest absolute Gasteiger partial charge is 0.487 e. The Morgan fingerprint density at radius 1 is 0.900 bits per heavy atom. The highest BCUT2D eigenvalue weighted by Gasteiger charge is 1.89. The summed E-state index contributed by atoms with van der Waals surface area (Å²) in [4.78, 5) is 0. The van der Waals surface area contributed by atoms with Crippen LogP contribution in [0.4, 0.5) is 0 Å². The Kier molecular flexibility index (Phi) is 11.2. The predicted octanol–water partition coefficient (Wildman–Crippen LogP) is 3.36. The Balaban J connectivity index is 0. The first-order chi connectivity index (χ1) is 8.82. The number of nitrogens with two attached hydrogens (primary N) is 2. The third-order valence-corrected chi connectivity index (χ3v) is 1.90. The molecule has 0 saturated carbocycles. The van der Waals surface area contributed by atoms with E-state index in [4.69, 9.17) is 10.2 Å². The van der Waals surface area contributed by atoms with Gasteiger partial charge in [0.15, 0.2) is 0 Å². The van der Waals surface area contributed by atoms with Gasteiger partial charge in [0.2, 0.25) is 0 Å². The third-order valence-electron chi connectivity index (χ3n) is 1.90. The molecule has 0 amide bonds. The second-order valence-electron chi connectivity index (χ2n) is 3.53. The topological polar surface area (TPSA) is 92.5 Å². The monoisotopic (exact) mass is 312 g/mol. The Bertz CT molecular complexity index is 540. The molecule has 6 N–H and O–H groups in total. The van der Waals surface area contributed by atoms with E-state index < -0.39 is 10.3 Å². The van der Waals surface area contributed by atoms with Gasteiger partial charge in [-0.3, -0.25) is 0 Å². The Labute approximate surface area is 130 Å². The van der Waals surface area contributed by atoms with Gasteiger partial charge in [-0.2, -0.15) is 0 Å². The van der Waals surface area contributed by atoms with Crippen LogP contribution in [0.1, 0.15) is 13.0 Å². The molecule has 2 rings (SSSR count). The number of fused-ring (bicyclic) bond motifs is 1. The van der Waals surface area contributed by atoms with E-state index in [0.29, 0.717) is 0 Å². The van der Waals surface area contributed by atoms with Crippen molar-refractivity contribution in [2.75, 3.05) is 0 Å². The molecular formula is C14H20N2O2S2. The zero-order valence-electron chi connectivity index (χ0n) is 10.4. The van der Waals surface area contributed by atoms with Crippen molar-refractivity contribution in [1.82, 2.24) is 0 Å². The highest BCUT2D eigenvalue weighted by atomic mass is 32.1. The molecule has 0 aromatic heterocycles. The first-order valence-electron chi connectivity index (χ1n) is 5.25. The first kappa shape index (κ1) is 20.4. The van der Waals surface area contributed by atoms with Gasteiger partial charge < -0.3 is 21.7 Å². The van der Waals surface area contributed by atoms with Crippen LogP contribution in [0, 0.1) is 6.92 Å². The van der Waals surface area contributed by atoms with E-state index in [9.17, 15) is 0 Å². The van der Waals surface area contributed by atoms with Crippen molar-refractivity contribution in [3.05, 3.63) is 48.0 Å². The number of thiocarbonyl (C=S) groups is 2. The standard InChI is InChI=1S/C11H10.2CH3NOS.CH4/c1-9-6-7-10-4-2-3-5-11(10)8-9;2*2-1(3)4;/h2-8H,1H3;2*(H3,2,3,4);1H4. The van der Waals surface area contributed by atoms with Crippen molar-refractivity contribution >= 4 is 45.6 Å². The number of aliphatic hydroxyl groups is 2. The zero-order valence-corrected chi connectivity index (χ0v) is 12.0. The van der Waals surface area contributed by atoms with E-state index in [0.717, 1.165) is 0 Å². The predicted molar refractivity (Wildman–Crippen MR) is 94.2 cm³/mol. The summed E-state index contributed by atoms with van der Waals surface area (Å²) in [6.45, 7) is 2.12. The number of aliphatic hydroxyl groups excluding tert-OH is 2. The summed E-state index contributed by atoms with van der Waals surface area (Å²) >= 11 is 7.74. The maximum atomic E-state index is 7.56. The maximum Gasteiger partial charge on any atom is 0.251 e. The van der Waals surface area contributed by atoms with Crippen molar-refractivity contribution in [2.24, 2.45) is 11.5 Å². The molecule has 0 fully saturated rings. The molecule has 0 aliphatic carbocycles. The summed E-state index contributed by atoms with van der Waals surface area (Å²) < 4.78 is 0. The molecular weight excluding hydrogens is 292 g/mol. The van der Waals surface area contributed by atoms with Gasteiger partial charge in [-0.1, -0.05) is 55.5 Å². The fraction of sp³-hybridized carbons (Fsp3) is 0.143. The quantitative estimate of drug-likeness (QED) is 0.557. The minimum atomic E-state index is -0.500. The van der Waals surface area contributed by atoms with Crippen LogP contribution in [0.5, 0.6) is 0 Å². The van der Waals surface area contributed by atoms with Gasteiger partial charge in [0.1, 0.15) is 0 Å². The average Bonchev–Trinajstić information content (AvgIpc) is 2.27. The first-order valence-corrected chi connectivity index (χ1v) is 6.06. The molecule has 0 aliphatic heterocycles. The lowest BCUT2D eigenvalue weighted by Crippen LogP contribution is -2.03. The van der Waals surface area contributed by atoms with Crippen LogP contribution in [0.3, 0.4) is 0 Å².